The smallest absolute Gasteiger partial charge is 0.133 e. The second kappa shape index (κ2) is 6.29. The summed E-state index contributed by atoms with van der Waals surface area (Å²) in [5, 5.41) is 5.39. The highest BCUT2D eigenvalue weighted by molar-refractivity contribution is 9.10. The van der Waals surface area contributed by atoms with Crippen LogP contribution in [0.15, 0.2) is 22.2 Å². The maximum Gasteiger partial charge on any atom is 0.133 e. The van der Waals surface area contributed by atoms with Crippen molar-refractivity contribution >= 4 is 33.1 Å². The van der Waals surface area contributed by atoms with Gasteiger partial charge in [-0.1, -0.05) is 13.3 Å². The Balaban J connectivity index is 2.52. The molecule has 0 aliphatic heterocycles. The second-order valence-electron chi connectivity index (χ2n) is 3.93. The minimum Gasteiger partial charge on any atom is -0.370 e. The van der Waals surface area contributed by atoms with Crippen molar-refractivity contribution in [1.82, 2.24) is 9.97 Å². The summed E-state index contributed by atoms with van der Waals surface area (Å²) >= 11 is 5.29. The predicted octanol–water partition coefficient (Wildman–Crippen LogP) is 4.35. The normalized spacial score (nSPS) is 10.6. The van der Waals surface area contributed by atoms with Crippen LogP contribution in [0.4, 0.5) is 5.82 Å². The Morgan fingerprint density at radius 2 is 2.17 bits per heavy atom. The van der Waals surface area contributed by atoms with Crippen molar-refractivity contribution in [3.8, 4) is 10.6 Å². The fourth-order valence-corrected chi connectivity index (χ4v) is 3.46. The van der Waals surface area contributed by atoms with Gasteiger partial charge in [-0.3, -0.25) is 0 Å². The van der Waals surface area contributed by atoms with E-state index in [-0.39, 0.29) is 0 Å². The predicted molar refractivity (Wildman–Crippen MR) is 81.2 cm³/mol. The Morgan fingerprint density at radius 1 is 1.33 bits per heavy atom. The van der Waals surface area contributed by atoms with Crippen LogP contribution < -0.4 is 5.32 Å². The van der Waals surface area contributed by atoms with Crippen molar-refractivity contribution in [3.05, 3.63) is 27.8 Å². The van der Waals surface area contributed by atoms with Crippen LogP contribution in [0.5, 0.6) is 0 Å². The van der Waals surface area contributed by atoms with E-state index in [0.29, 0.717) is 0 Å². The van der Waals surface area contributed by atoms with Crippen LogP contribution in [0.3, 0.4) is 0 Å². The maximum absolute atomic E-state index is 4.47. The summed E-state index contributed by atoms with van der Waals surface area (Å²) in [6.07, 6.45) is 3.71. The molecule has 0 unspecified atom stereocenters. The summed E-state index contributed by atoms with van der Waals surface area (Å²) < 4.78 is 1.10. The van der Waals surface area contributed by atoms with Crippen molar-refractivity contribution < 1.29 is 0 Å². The lowest BCUT2D eigenvalue weighted by Crippen LogP contribution is -2.06. The number of nitrogens with one attached hydrogen (secondary N) is 1. The summed E-state index contributed by atoms with van der Waals surface area (Å²) in [6, 6.07) is 2.06. The molecule has 2 heterocycles. The van der Waals surface area contributed by atoms with E-state index in [1.165, 1.54) is 10.4 Å². The molecule has 96 valence electrons. The molecule has 0 saturated heterocycles. The summed E-state index contributed by atoms with van der Waals surface area (Å²) in [4.78, 5) is 10.0. The summed E-state index contributed by atoms with van der Waals surface area (Å²) in [5.74, 6) is 0.963. The van der Waals surface area contributed by atoms with Gasteiger partial charge in [-0.2, -0.15) is 0 Å². The van der Waals surface area contributed by atoms with Crippen LogP contribution >= 0.6 is 27.3 Å². The number of hydrogen-bond donors (Lipinski definition) is 1. The van der Waals surface area contributed by atoms with Gasteiger partial charge in [0.15, 0.2) is 0 Å². The molecule has 5 heteroatoms. The minimum absolute atomic E-state index is 0.874. The molecule has 0 saturated carbocycles. The van der Waals surface area contributed by atoms with E-state index in [1.807, 2.05) is 0 Å². The molecule has 1 N–H and O–H groups in total. The number of rotatable bonds is 5. The first-order valence-corrected chi connectivity index (χ1v) is 7.76. The van der Waals surface area contributed by atoms with Gasteiger partial charge in [0, 0.05) is 16.6 Å². The third-order valence-electron chi connectivity index (χ3n) is 2.62. The first-order valence-electron chi connectivity index (χ1n) is 6.09. The van der Waals surface area contributed by atoms with Gasteiger partial charge in [0.25, 0.3) is 0 Å². The Hall–Kier alpha value is -0.940. The number of halogens is 1. The average molecular weight is 326 g/mol. The fourth-order valence-electron chi connectivity index (χ4n) is 1.88. The highest BCUT2D eigenvalue weighted by Gasteiger charge is 2.15. The van der Waals surface area contributed by atoms with Gasteiger partial charge in [0.05, 0.1) is 10.6 Å². The van der Waals surface area contributed by atoms with Crippen molar-refractivity contribution in [3.63, 3.8) is 0 Å². The largest absolute Gasteiger partial charge is 0.370 e. The molecular weight excluding hydrogens is 310 g/mol. The summed E-state index contributed by atoms with van der Waals surface area (Å²) in [6.45, 7) is 5.13. The quantitative estimate of drug-likeness (QED) is 0.887. The Labute approximate surface area is 120 Å². The van der Waals surface area contributed by atoms with Crippen LogP contribution in [0.2, 0.25) is 0 Å². The molecule has 0 fully saturated rings. The number of hydrogen-bond acceptors (Lipinski definition) is 4. The van der Waals surface area contributed by atoms with E-state index < -0.39 is 0 Å². The molecule has 0 spiro atoms. The van der Waals surface area contributed by atoms with E-state index in [1.54, 1.807) is 17.7 Å². The van der Waals surface area contributed by atoms with E-state index in [4.69, 9.17) is 0 Å². The first-order chi connectivity index (χ1) is 8.77. The molecule has 0 aliphatic carbocycles. The van der Waals surface area contributed by atoms with Crippen molar-refractivity contribution in [1.29, 1.82) is 0 Å². The summed E-state index contributed by atoms with van der Waals surface area (Å²) in [7, 11) is 0. The Bertz CT molecular complexity index is 525. The number of aromatic nitrogens is 2. The molecule has 0 aliphatic rings. The van der Waals surface area contributed by atoms with Crippen LogP contribution in [-0.2, 0) is 6.42 Å². The van der Waals surface area contributed by atoms with Gasteiger partial charge in [-0.05, 0) is 40.7 Å². The zero-order valence-electron chi connectivity index (χ0n) is 10.5. The van der Waals surface area contributed by atoms with Crippen molar-refractivity contribution in [2.45, 2.75) is 26.7 Å². The topological polar surface area (TPSA) is 37.8 Å². The number of nitrogens with zero attached hydrogens (tertiary/aromatic N) is 2. The van der Waals surface area contributed by atoms with Crippen LogP contribution in [0.25, 0.3) is 10.6 Å². The minimum atomic E-state index is 0.874. The van der Waals surface area contributed by atoms with Gasteiger partial charge in [0.1, 0.15) is 12.1 Å². The van der Waals surface area contributed by atoms with Gasteiger partial charge >= 0.3 is 0 Å². The molecule has 2 aromatic heterocycles. The van der Waals surface area contributed by atoms with Crippen LogP contribution in [0, 0.1) is 0 Å². The van der Waals surface area contributed by atoms with Crippen LogP contribution in [0.1, 0.15) is 25.8 Å². The van der Waals surface area contributed by atoms with Gasteiger partial charge in [-0.15, -0.1) is 11.3 Å². The monoisotopic (exact) mass is 325 g/mol. The molecule has 0 amide bonds. The SMILES string of the molecule is CCCc1c(NCC)ncnc1-c1sccc1Br. The molecular formula is C13H16BrN3S. The lowest BCUT2D eigenvalue weighted by molar-refractivity contribution is 0.903. The lowest BCUT2D eigenvalue weighted by atomic mass is 10.1. The third-order valence-corrected chi connectivity index (χ3v) is 4.47. The van der Waals surface area contributed by atoms with Gasteiger partial charge < -0.3 is 5.32 Å². The molecule has 0 bridgehead atoms. The fraction of sp³-hybridized carbons (Fsp3) is 0.385. The molecule has 2 rings (SSSR count). The van der Waals surface area contributed by atoms with Gasteiger partial charge in [0.2, 0.25) is 0 Å². The zero-order valence-corrected chi connectivity index (χ0v) is 12.9. The molecule has 0 aromatic carbocycles. The van der Waals surface area contributed by atoms with Crippen molar-refractivity contribution in [2.75, 3.05) is 11.9 Å². The Kier molecular flexibility index (Phi) is 4.72. The second-order valence-corrected chi connectivity index (χ2v) is 5.70. The van der Waals surface area contributed by atoms with E-state index in [2.05, 4.69) is 56.5 Å². The standard InChI is InChI=1S/C13H16BrN3S/c1-3-5-9-11(12-10(14)6-7-18-12)16-8-17-13(9)15-4-2/h6-8H,3-5H2,1-2H3,(H,15,16,17). The van der Waals surface area contributed by atoms with Crippen LogP contribution in [-0.4, -0.2) is 16.5 Å². The van der Waals surface area contributed by atoms with E-state index >= 15 is 0 Å². The summed E-state index contributed by atoms with van der Waals surface area (Å²) in [5.41, 5.74) is 2.26. The Morgan fingerprint density at radius 3 is 2.78 bits per heavy atom. The molecule has 18 heavy (non-hydrogen) atoms. The van der Waals surface area contributed by atoms with E-state index in [0.717, 1.165) is 35.4 Å². The van der Waals surface area contributed by atoms with E-state index in [9.17, 15) is 0 Å². The molecule has 2 aromatic rings. The first kappa shape index (κ1) is 13.5. The average Bonchev–Trinajstić information content (AvgIpc) is 2.78. The molecule has 3 nitrogen and oxygen atoms in total. The number of anilines is 1. The van der Waals surface area contributed by atoms with Crippen molar-refractivity contribution in [2.24, 2.45) is 0 Å². The zero-order chi connectivity index (χ0) is 13.0. The molecule has 0 atom stereocenters. The highest BCUT2D eigenvalue weighted by atomic mass is 79.9. The van der Waals surface area contributed by atoms with Gasteiger partial charge in [-0.25, -0.2) is 9.97 Å². The third kappa shape index (κ3) is 2.72. The number of thiophene rings is 1. The maximum atomic E-state index is 4.47. The lowest BCUT2D eigenvalue weighted by Gasteiger charge is -2.12. The highest BCUT2D eigenvalue weighted by Crippen LogP contribution is 2.36. The molecule has 0 radical (unpaired) electrons.